The zero-order chi connectivity index (χ0) is 16.5. The van der Waals surface area contributed by atoms with Gasteiger partial charge in [-0.1, -0.05) is 31.2 Å². The summed E-state index contributed by atoms with van der Waals surface area (Å²) in [5.41, 5.74) is 2.08. The Morgan fingerprint density at radius 3 is 2.74 bits per heavy atom. The van der Waals surface area contributed by atoms with Crippen LogP contribution in [0.25, 0.3) is 0 Å². The average molecular weight is 316 g/mol. The van der Waals surface area contributed by atoms with E-state index in [1.165, 1.54) is 5.56 Å². The summed E-state index contributed by atoms with van der Waals surface area (Å²) >= 11 is 0. The molecule has 0 radical (unpaired) electrons. The van der Waals surface area contributed by atoms with Gasteiger partial charge in [0.15, 0.2) is 0 Å². The summed E-state index contributed by atoms with van der Waals surface area (Å²) in [7, 11) is 0. The van der Waals surface area contributed by atoms with Crippen LogP contribution in [0.1, 0.15) is 37.9 Å². The van der Waals surface area contributed by atoms with Gasteiger partial charge >= 0.3 is 0 Å². The second-order valence-electron chi connectivity index (χ2n) is 5.32. The summed E-state index contributed by atoms with van der Waals surface area (Å²) in [5.74, 6) is 0.908. The molecular formula is C17H24N4O2. The van der Waals surface area contributed by atoms with Crippen molar-refractivity contribution >= 4 is 5.91 Å². The Bertz CT molecular complexity index is 607. The van der Waals surface area contributed by atoms with Gasteiger partial charge in [0, 0.05) is 19.5 Å². The molecule has 0 saturated heterocycles. The first-order chi connectivity index (χ1) is 11.2. The van der Waals surface area contributed by atoms with E-state index in [1.807, 2.05) is 25.3 Å². The lowest BCUT2D eigenvalue weighted by Crippen LogP contribution is -2.24. The zero-order valence-electron chi connectivity index (χ0n) is 13.8. The molecule has 0 bridgehead atoms. The number of rotatable bonds is 9. The number of amides is 1. The lowest BCUT2D eigenvalue weighted by atomic mass is 10.2. The Hall–Kier alpha value is -2.37. The third-order valence-electron chi connectivity index (χ3n) is 3.51. The third-order valence-corrected chi connectivity index (χ3v) is 3.51. The Morgan fingerprint density at radius 1 is 1.26 bits per heavy atom. The molecule has 1 heterocycles. The van der Waals surface area contributed by atoms with E-state index >= 15 is 0 Å². The molecule has 0 aliphatic rings. The van der Waals surface area contributed by atoms with Gasteiger partial charge in [-0.05, 0) is 30.5 Å². The number of benzene rings is 1. The van der Waals surface area contributed by atoms with Crippen LogP contribution in [0.2, 0.25) is 0 Å². The molecule has 0 aliphatic carbocycles. The SMILES string of the molecule is CCC(=O)NCCCn1cc(COc2ccc(CC)cc2)nn1. The molecule has 0 aliphatic heterocycles. The Balaban J connectivity index is 1.72. The van der Waals surface area contributed by atoms with Crippen LogP contribution in [0.4, 0.5) is 0 Å². The van der Waals surface area contributed by atoms with Gasteiger partial charge in [0.2, 0.25) is 5.91 Å². The monoisotopic (exact) mass is 316 g/mol. The van der Waals surface area contributed by atoms with Crippen LogP contribution in [-0.4, -0.2) is 27.4 Å². The van der Waals surface area contributed by atoms with Crippen LogP contribution in [0.5, 0.6) is 5.75 Å². The Morgan fingerprint density at radius 2 is 2.04 bits per heavy atom. The molecule has 124 valence electrons. The molecule has 0 unspecified atom stereocenters. The van der Waals surface area contributed by atoms with E-state index in [2.05, 4.69) is 34.7 Å². The number of nitrogens with zero attached hydrogens (tertiary/aromatic N) is 3. The maximum Gasteiger partial charge on any atom is 0.219 e. The number of ether oxygens (including phenoxy) is 1. The highest BCUT2D eigenvalue weighted by Crippen LogP contribution is 2.13. The fourth-order valence-electron chi connectivity index (χ4n) is 2.09. The van der Waals surface area contributed by atoms with Gasteiger partial charge in [0.25, 0.3) is 0 Å². The number of hydrogen-bond donors (Lipinski definition) is 1. The number of carbonyl (C=O) groups excluding carboxylic acids is 1. The number of aryl methyl sites for hydroxylation is 2. The van der Waals surface area contributed by atoms with Gasteiger partial charge in [-0.15, -0.1) is 5.10 Å². The normalized spacial score (nSPS) is 10.5. The van der Waals surface area contributed by atoms with Crippen LogP contribution in [-0.2, 0) is 24.4 Å². The molecule has 1 aromatic heterocycles. The summed E-state index contributed by atoms with van der Waals surface area (Å²) in [6, 6.07) is 8.08. The van der Waals surface area contributed by atoms with Gasteiger partial charge in [-0.25, -0.2) is 0 Å². The predicted octanol–water partition coefficient (Wildman–Crippen LogP) is 2.34. The number of hydrogen-bond acceptors (Lipinski definition) is 4. The van der Waals surface area contributed by atoms with E-state index in [0.717, 1.165) is 30.8 Å². The second kappa shape index (κ2) is 8.92. The van der Waals surface area contributed by atoms with Crippen molar-refractivity contribution in [1.29, 1.82) is 0 Å². The van der Waals surface area contributed by atoms with Crippen LogP contribution < -0.4 is 10.1 Å². The van der Waals surface area contributed by atoms with Crippen molar-refractivity contribution in [2.75, 3.05) is 6.54 Å². The van der Waals surface area contributed by atoms with Crippen molar-refractivity contribution in [3.8, 4) is 5.75 Å². The minimum absolute atomic E-state index is 0.0757. The second-order valence-corrected chi connectivity index (χ2v) is 5.32. The number of nitrogens with one attached hydrogen (secondary N) is 1. The quantitative estimate of drug-likeness (QED) is 0.721. The molecule has 6 nitrogen and oxygen atoms in total. The lowest BCUT2D eigenvalue weighted by molar-refractivity contribution is -0.120. The van der Waals surface area contributed by atoms with E-state index in [1.54, 1.807) is 4.68 Å². The average Bonchev–Trinajstić information content (AvgIpc) is 3.05. The molecule has 0 spiro atoms. The standard InChI is InChI=1S/C17H24N4O2/c1-3-14-6-8-16(9-7-14)23-13-15-12-21(20-19-15)11-5-10-18-17(22)4-2/h6-9,12H,3-5,10-11,13H2,1-2H3,(H,18,22). The molecule has 0 fully saturated rings. The van der Waals surface area contributed by atoms with Gasteiger partial charge < -0.3 is 10.1 Å². The smallest absolute Gasteiger partial charge is 0.219 e. The molecule has 6 heteroatoms. The molecule has 0 atom stereocenters. The maximum atomic E-state index is 11.1. The van der Waals surface area contributed by atoms with Crippen molar-refractivity contribution in [1.82, 2.24) is 20.3 Å². The molecule has 1 N–H and O–H groups in total. The molecule has 2 rings (SSSR count). The van der Waals surface area contributed by atoms with Crippen molar-refractivity contribution in [3.63, 3.8) is 0 Å². The Kier molecular flexibility index (Phi) is 6.59. The molecular weight excluding hydrogens is 292 g/mol. The molecule has 23 heavy (non-hydrogen) atoms. The van der Waals surface area contributed by atoms with E-state index in [0.29, 0.717) is 19.6 Å². The van der Waals surface area contributed by atoms with Crippen molar-refractivity contribution in [2.45, 2.75) is 46.3 Å². The van der Waals surface area contributed by atoms with E-state index in [4.69, 9.17) is 4.74 Å². The van der Waals surface area contributed by atoms with Crippen LogP contribution in [0, 0.1) is 0 Å². The summed E-state index contributed by atoms with van der Waals surface area (Å²) in [6.45, 7) is 5.75. The Labute approximate surface area is 136 Å². The van der Waals surface area contributed by atoms with Crippen molar-refractivity contribution in [2.24, 2.45) is 0 Å². The fraction of sp³-hybridized carbons (Fsp3) is 0.471. The molecule has 1 aromatic carbocycles. The van der Waals surface area contributed by atoms with Crippen LogP contribution >= 0.6 is 0 Å². The first kappa shape index (κ1) is 17.0. The number of carbonyl (C=O) groups is 1. The predicted molar refractivity (Wildman–Crippen MR) is 88.1 cm³/mol. The third kappa shape index (κ3) is 5.73. The fourth-order valence-corrected chi connectivity index (χ4v) is 2.09. The first-order valence-corrected chi connectivity index (χ1v) is 8.08. The van der Waals surface area contributed by atoms with Crippen LogP contribution in [0.3, 0.4) is 0 Å². The highest BCUT2D eigenvalue weighted by atomic mass is 16.5. The highest BCUT2D eigenvalue weighted by molar-refractivity contribution is 5.75. The minimum Gasteiger partial charge on any atom is -0.487 e. The highest BCUT2D eigenvalue weighted by Gasteiger charge is 2.03. The minimum atomic E-state index is 0.0757. The summed E-state index contributed by atoms with van der Waals surface area (Å²) in [5, 5.41) is 11.0. The first-order valence-electron chi connectivity index (χ1n) is 8.08. The van der Waals surface area contributed by atoms with Crippen molar-refractivity contribution < 1.29 is 9.53 Å². The topological polar surface area (TPSA) is 69.0 Å². The molecule has 2 aromatic rings. The summed E-state index contributed by atoms with van der Waals surface area (Å²) in [6.07, 6.45) is 4.24. The van der Waals surface area contributed by atoms with Gasteiger partial charge in [0.1, 0.15) is 18.1 Å². The van der Waals surface area contributed by atoms with Crippen molar-refractivity contribution in [3.05, 3.63) is 41.7 Å². The summed E-state index contributed by atoms with van der Waals surface area (Å²) in [4.78, 5) is 11.1. The van der Waals surface area contributed by atoms with Gasteiger partial charge in [-0.3, -0.25) is 9.48 Å². The molecule has 0 saturated carbocycles. The number of aromatic nitrogens is 3. The van der Waals surface area contributed by atoms with Gasteiger partial charge in [-0.2, -0.15) is 0 Å². The molecule has 1 amide bonds. The lowest BCUT2D eigenvalue weighted by Gasteiger charge is -2.04. The largest absolute Gasteiger partial charge is 0.487 e. The van der Waals surface area contributed by atoms with E-state index < -0.39 is 0 Å². The van der Waals surface area contributed by atoms with Gasteiger partial charge in [0.05, 0.1) is 6.20 Å². The van der Waals surface area contributed by atoms with E-state index in [-0.39, 0.29) is 5.91 Å². The van der Waals surface area contributed by atoms with E-state index in [9.17, 15) is 4.79 Å². The maximum absolute atomic E-state index is 11.1. The zero-order valence-corrected chi connectivity index (χ0v) is 13.8. The summed E-state index contributed by atoms with van der Waals surface area (Å²) < 4.78 is 7.48. The van der Waals surface area contributed by atoms with Crippen LogP contribution in [0.15, 0.2) is 30.5 Å².